The number of halogens is 3. The highest BCUT2D eigenvalue weighted by Crippen LogP contribution is 2.31. The zero-order valence-corrected chi connectivity index (χ0v) is 16.2. The van der Waals surface area contributed by atoms with Crippen LogP contribution >= 0.6 is 23.5 Å². The SMILES string of the molecule is NCCCSc1cccc(C(F)(F)F)c1.NCCCSc1ccccc1. The monoisotopic (exact) mass is 402 g/mol. The van der Waals surface area contributed by atoms with E-state index in [0.717, 1.165) is 37.0 Å². The van der Waals surface area contributed by atoms with Crippen molar-refractivity contribution in [1.82, 2.24) is 0 Å². The fourth-order valence-electron chi connectivity index (χ4n) is 1.83. The molecule has 0 fully saturated rings. The summed E-state index contributed by atoms with van der Waals surface area (Å²) in [5.41, 5.74) is 10.1. The molecule has 0 aliphatic heterocycles. The first-order chi connectivity index (χ1) is 12.5. The highest BCUT2D eigenvalue weighted by atomic mass is 32.2. The molecule has 7 heteroatoms. The minimum absolute atomic E-state index is 0.561. The minimum atomic E-state index is -4.26. The van der Waals surface area contributed by atoms with Gasteiger partial charge >= 0.3 is 6.18 Å². The van der Waals surface area contributed by atoms with Gasteiger partial charge in [-0.25, -0.2) is 0 Å². The number of hydrogen-bond donors (Lipinski definition) is 2. The van der Waals surface area contributed by atoms with Gasteiger partial charge in [-0.3, -0.25) is 0 Å². The molecule has 0 unspecified atom stereocenters. The summed E-state index contributed by atoms with van der Waals surface area (Å²) in [5, 5.41) is 0. The lowest BCUT2D eigenvalue weighted by atomic mass is 10.2. The number of nitrogens with two attached hydrogens (primary N) is 2. The van der Waals surface area contributed by atoms with Gasteiger partial charge in [0.2, 0.25) is 0 Å². The Morgan fingerprint density at radius 1 is 0.731 bits per heavy atom. The van der Waals surface area contributed by atoms with Crippen molar-refractivity contribution in [3.05, 3.63) is 60.2 Å². The molecule has 2 rings (SSSR count). The van der Waals surface area contributed by atoms with Crippen molar-refractivity contribution in [2.75, 3.05) is 24.6 Å². The molecule has 0 radical (unpaired) electrons. The second-order valence-corrected chi connectivity index (χ2v) is 7.66. The molecule has 0 atom stereocenters. The van der Waals surface area contributed by atoms with Gasteiger partial charge in [0, 0.05) is 9.79 Å². The Bertz CT molecular complexity index is 607. The van der Waals surface area contributed by atoms with Crippen LogP contribution in [0.5, 0.6) is 0 Å². The van der Waals surface area contributed by atoms with Crippen molar-refractivity contribution in [3.63, 3.8) is 0 Å². The summed E-state index contributed by atoms with van der Waals surface area (Å²) >= 11 is 3.26. The van der Waals surface area contributed by atoms with E-state index in [1.807, 2.05) is 17.8 Å². The van der Waals surface area contributed by atoms with E-state index >= 15 is 0 Å². The predicted molar refractivity (Wildman–Crippen MR) is 107 cm³/mol. The third kappa shape index (κ3) is 10.1. The fourth-order valence-corrected chi connectivity index (χ4v) is 3.65. The van der Waals surface area contributed by atoms with Crippen LogP contribution in [0.2, 0.25) is 0 Å². The molecule has 0 heterocycles. The number of benzene rings is 2. The summed E-state index contributed by atoms with van der Waals surface area (Å²) in [7, 11) is 0. The zero-order chi connectivity index (χ0) is 19.3. The summed E-state index contributed by atoms with van der Waals surface area (Å²) in [6.07, 6.45) is -2.36. The molecular weight excluding hydrogens is 377 g/mol. The lowest BCUT2D eigenvalue weighted by Gasteiger charge is -2.08. The molecule has 0 aromatic heterocycles. The molecular formula is C19H25F3N2S2. The van der Waals surface area contributed by atoms with E-state index in [9.17, 15) is 13.2 Å². The maximum Gasteiger partial charge on any atom is 0.416 e. The first kappa shape index (κ1) is 22.9. The summed E-state index contributed by atoms with van der Waals surface area (Å²) in [6.45, 7) is 1.35. The Balaban J connectivity index is 0.000000273. The third-order valence-electron chi connectivity index (χ3n) is 3.14. The van der Waals surface area contributed by atoms with Crippen molar-refractivity contribution >= 4 is 23.5 Å². The van der Waals surface area contributed by atoms with Gasteiger partial charge in [0.05, 0.1) is 5.56 Å². The Morgan fingerprint density at radius 2 is 1.27 bits per heavy atom. The van der Waals surface area contributed by atoms with Gasteiger partial charge in [-0.2, -0.15) is 13.2 Å². The van der Waals surface area contributed by atoms with E-state index in [2.05, 4.69) is 24.3 Å². The van der Waals surface area contributed by atoms with Crippen molar-refractivity contribution in [2.24, 2.45) is 11.5 Å². The summed E-state index contributed by atoms with van der Waals surface area (Å²) in [5.74, 6) is 1.87. The van der Waals surface area contributed by atoms with E-state index in [1.54, 1.807) is 6.07 Å². The lowest BCUT2D eigenvalue weighted by molar-refractivity contribution is -0.137. The highest BCUT2D eigenvalue weighted by Gasteiger charge is 2.30. The van der Waals surface area contributed by atoms with E-state index in [4.69, 9.17) is 11.5 Å². The molecule has 0 bridgehead atoms. The highest BCUT2D eigenvalue weighted by molar-refractivity contribution is 7.99. The van der Waals surface area contributed by atoms with Crippen LogP contribution in [-0.2, 0) is 6.18 Å². The van der Waals surface area contributed by atoms with Crippen LogP contribution in [0.1, 0.15) is 18.4 Å². The molecule has 0 aliphatic rings. The Kier molecular flexibility index (Phi) is 11.5. The topological polar surface area (TPSA) is 52.0 Å². The Morgan fingerprint density at radius 3 is 1.81 bits per heavy atom. The molecule has 144 valence electrons. The van der Waals surface area contributed by atoms with Crippen molar-refractivity contribution in [3.8, 4) is 0 Å². The second-order valence-electron chi connectivity index (χ2n) is 5.32. The smallest absolute Gasteiger partial charge is 0.330 e. The number of rotatable bonds is 8. The largest absolute Gasteiger partial charge is 0.416 e. The van der Waals surface area contributed by atoms with Gasteiger partial charge in [-0.05, 0) is 67.8 Å². The molecule has 0 saturated carbocycles. The van der Waals surface area contributed by atoms with Crippen molar-refractivity contribution in [2.45, 2.75) is 28.8 Å². The normalized spacial score (nSPS) is 11.0. The quantitative estimate of drug-likeness (QED) is 0.466. The molecule has 0 aliphatic carbocycles. The van der Waals surface area contributed by atoms with Gasteiger partial charge in [0.15, 0.2) is 0 Å². The maximum atomic E-state index is 12.3. The summed E-state index contributed by atoms with van der Waals surface area (Å²) in [4.78, 5) is 1.97. The van der Waals surface area contributed by atoms with Gasteiger partial charge in [-0.15, -0.1) is 23.5 Å². The van der Waals surface area contributed by atoms with Crippen LogP contribution in [0.4, 0.5) is 13.2 Å². The molecule has 2 nitrogen and oxygen atoms in total. The average molecular weight is 403 g/mol. The van der Waals surface area contributed by atoms with E-state index in [0.29, 0.717) is 11.4 Å². The Labute approximate surface area is 161 Å². The predicted octanol–water partition coefficient (Wildman–Crippen LogP) is 5.27. The molecule has 0 saturated heterocycles. The van der Waals surface area contributed by atoms with Crippen LogP contribution in [0.25, 0.3) is 0 Å². The number of alkyl halides is 3. The average Bonchev–Trinajstić information content (AvgIpc) is 2.63. The van der Waals surface area contributed by atoms with Crippen LogP contribution in [0.15, 0.2) is 64.4 Å². The van der Waals surface area contributed by atoms with E-state index < -0.39 is 11.7 Å². The zero-order valence-electron chi connectivity index (χ0n) is 14.5. The fraction of sp³-hybridized carbons (Fsp3) is 0.368. The number of hydrogen-bond acceptors (Lipinski definition) is 4. The first-order valence-electron chi connectivity index (χ1n) is 8.35. The molecule has 2 aromatic carbocycles. The van der Waals surface area contributed by atoms with Gasteiger partial charge < -0.3 is 11.5 Å². The van der Waals surface area contributed by atoms with Crippen LogP contribution in [0, 0.1) is 0 Å². The van der Waals surface area contributed by atoms with Crippen LogP contribution in [0.3, 0.4) is 0 Å². The lowest BCUT2D eigenvalue weighted by Crippen LogP contribution is -2.04. The van der Waals surface area contributed by atoms with Gasteiger partial charge in [0.1, 0.15) is 0 Å². The van der Waals surface area contributed by atoms with E-state index in [1.165, 1.54) is 28.8 Å². The molecule has 26 heavy (non-hydrogen) atoms. The minimum Gasteiger partial charge on any atom is -0.330 e. The first-order valence-corrected chi connectivity index (χ1v) is 10.3. The van der Waals surface area contributed by atoms with Gasteiger partial charge in [0.25, 0.3) is 0 Å². The maximum absolute atomic E-state index is 12.3. The standard InChI is InChI=1S/C10H12F3NS.C9H13NS/c11-10(12,13)8-3-1-4-9(7-8)15-6-2-5-14;10-7-4-8-11-9-5-2-1-3-6-9/h1,3-4,7H,2,5-6,14H2;1-3,5-6H,4,7-8,10H2. The second kappa shape index (κ2) is 13.1. The molecule has 2 aromatic rings. The van der Waals surface area contributed by atoms with Gasteiger partial charge in [-0.1, -0.05) is 24.3 Å². The molecule has 0 spiro atoms. The number of thioether (sulfide) groups is 2. The molecule has 0 amide bonds. The van der Waals surface area contributed by atoms with E-state index in [-0.39, 0.29) is 0 Å². The van der Waals surface area contributed by atoms with Crippen LogP contribution in [-0.4, -0.2) is 24.6 Å². The van der Waals surface area contributed by atoms with Crippen molar-refractivity contribution in [1.29, 1.82) is 0 Å². The van der Waals surface area contributed by atoms with Crippen LogP contribution < -0.4 is 11.5 Å². The Hall–Kier alpha value is -1.15. The van der Waals surface area contributed by atoms with Crippen molar-refractivity contribution < 1.29 is 13.2 Å². The summed E-state index contributed by atoms with van der Waals surface area (Å²) < 4.78 is 37.0. The summed E-state index contributed by atoms with van der Waals surface area (Å²) in [6, 6.07) is 15.8. The molecule has 4 N–H and O–H groups in total. The third-order valence-corrected chi connectivity index (χ3v) is 5.32.